The largest absolute Gasteiger partial charge is 0.499 e. The van der Waals surface area contributed by atoms with Crippen LogP contribution < -0.4 is 4.74 Å². The molecule has 3 nitrogen and oxygen atoms in total. The van der Waals surface area contributed by atoms with Crippen LogP contribution in [0.25, 0.3) is 0 Å². The van der Waals surface area contributed by atoms with Gasteiger partial charge in [0.15, 0.2) is 0 Å². The quantitative estimate of drug-likeness (QED) is 0.529. The summed E-state index contributed by atoms with van der Waals surface area (Å²) in [5, 5.41) is 0. The Kier molecular flexibility index (Phi) is 6.45. The fraction of sp³-hybridized carbons (Fsp3) is 0.529. The van der Waals surface area contributed by atoms with Gasteiger partial charge in [-0.3, -0.25) is 0 Å². The normalized spacial score (nSPS) is 15.8. The molecule has 0 N–H and O–H groups in total. The zero-order chi connectivity index (χ0) is 14.0. The van der Waals surface area contributed by atoms with Gasteiger partial charge in [-0.25, -0.2) is 0 Å². The van der Waals surface area contributed by atoms with Crippen LogP contribution in [0.4, 0.5) is 0 Å². The molecule has 0 radical (unpaired) electrons. The Hall–Kier alpha value is -1.48. The lowest BCUT2D eigenvalue weighted by atomic mass is 9.98. The summed E-state index contributed by atoms with van der Waals surface area (Å²) in [6.07, 6.45) is 8.16. The summed E-state index contributed by atoms with van der Waals surface area (Å²) < 4.78 is 16.5. The van der Waals surface area contributed by atoms with Crippen LogP contribution in [0.1, 0.15) is 37.7 Å². The van der Waals surface area contributed by atoms with Gasteiger partial charge < -0.3 is 14.2 Å². The van der Waals surface area contributed by atoms with Crippen LogP contribution >= 0.6 is 0 Å². The highest BCUT2D eigenvalue weighted by molar-refractivity contribution is 5.27. The summed E-state index contributed by atoms with van der Waals surface area (Å²) in [6, 6.07) is 8.19. The molecule has 0 aliphatic heterocycles. The van der Waals surface area contributed by atoms with Gasteiger partial charge in [-0.2, -0.15) is 0 Å². The van der Waals surface area contributed by atoms with Gasteiger partial charge in [-0.15, -0.1) is 0 Å². The molecule has 0 spiro atoms. The number of hydrogen-bond acceptors (Lipinski definition) is 3. The number of hydrogen-bond donors (Lipinski definition) is 0. The second kappa shape index (κ2) is 8.64. The minimum absolute atomic E-state index is 0.405. The van der Waals surface area contributed by atoms with Crippen molar-refractivity contribution < 1.29 is 14.2 Å². The molecule has 110 valence electrons. The maximum Gasteiger partial charge on any atom is 0.119 e. The summed E-state index contributed by atoms with van der Waals surface area (Å²) in [5.74, 6) is 0.968. The Morgan fingerprint density at radius 3 is 2.50 bits per heavy atom. The zero-order valence-corrected chi connectivity index (χ0v) is 12.1. The molecule has 0 heterocycles. The van der Waals surface area contributed by atoms with Crippen molar-refractivity contribution >= 4 is 0 Å². The SMILES string of the molecule is C=COCCOCc1ccc(OC2CCCCC2)cc1. The molecule has 2 rings (SSSR count). The van der Waals surface area contributed by atoms with Crippen LogP contribution in [0, 0.1) is 0 Å². The van der Waals surface area contributed by atoms with Crippen LogP contribution in [0.3, 0.4) is 0 Å². The molecule has 0 atom stereocenters. The van der Waals surface area contributed by atoms with E-state index in [2.05, 4.69) is 18.7 Å². The van der Waals surface area contributed by atoms with Crippen molar-refractivity contribution in [2.45, 2.75) is 44.8 Å². The third kappa shape index (κ3) is 5.25. The van der Waals surface area contributed by atoms with Crippen molar-refractivity contribution in [1.82, 2.24) is 0 Å². The maximum atomic E-state index is 6.00. The smallest absolute Gasteiger partial charge is 0.119 e. The predicted molar refractivity (Wildman–Crippen MR) is 79.7 cm³/mol. The van der Waals surface area contributed by atoms with Crippen LogP contribution in [0.5, 0.6) is 5.75 Å². The lowest BCUT2D eigenvalue weighted by molar-refractivity contribution is 0.0749. The minimum Gasteiger partial charge on any atom is -0.499 e. The average Bonchev–Trinajstić information content (AvgIpc) is 2.50. The predicted octanol–water partition coefficient (Wildman–Crippen LogP) is 4.07. The average molecular weight is 276 g/mol. The molecule has 1 saturated carbocycles. The zero-order valence-electron chi connectivity index (χ0n) is 12.1. The van der Waals surface area contributed by atoms with Gasteiger partial charge in [0.05, 0.1) is 25.6 Å². The molecule has 3 heteroatoms. The highest BCUT2D eigenvalue weighted by atomic mass is 16.5. The van der Waals surface area contributed by atoms with Crippen LogP contribution in [0.2, 0.25) is 0 Å². The molecular formula is C17H24O3. The monoisotopic (exact) mass is 276 g/mol. The Labute approximate surface area is 121 Å². The van der Waals surface area contributed by atoms with E-state index in [1.165, 1.54) is 38.4 Å². The van der Waals surface area contributed by atoms with Gasteiger partial charge >= 0.3 is 0 Å². The molecule has 0 saturated heterocycles. The summed E-state index contributed by atoms with van der Waals surface area (Å²) in [6.45, 7) is 5.21. The van der Waals surface area contributed by atoms with Crippen molar-refractivity contribution in [1.29, 1.82) is 0 Å². The van der Waals surface area contributed by atoms with Crippen molar-refractivity contribution in [3.05, 3.63) is 42.7 Å². The first-order valence-corrected chi connectivity index (χ1v) is 7.44. The number of ether oxygens (including phenoxy) is 3. The Morgan fingerprint density at radius 1 is 1.05 bits per heavy atom. The molecule has 1 aliphatic rings. The minimum atomic E-state index is 0.405. The number of rotatable bonds is 8. The van der Waals surface area contributed by atoms with Crippen molar-refractivity contribution in [3.8, 4) is 5.75 Å². The Bertz CT molecular complexity index is 380. The molecule has 1 fully saturated rings. The van der Waals surface area contributed by atoms with E-state index in [1.54, 1.807) is 0 Å². The molecular weight excluding hydrogens is 252 g/mol. The van der Waals surface area contributed by atoms with Gasteiger partial charge in [-0.1, -0.05) is 25.1 Å². The molecule has 0 amide bonds. The van der Waals surface area contributed by atoms with Gasteiger partial charge in [-0.05, 0) is 43.4 Å². The maximum absolute atomic E-state index is 6.00. The van der Waals surface area contributed by atoms with E-state index in [0.29, 0.717) is 25.9 Å². The summed E-state index contributed by atoms with van der Waals surface area (Å²) >= 11 is 0. The van der Waals surface area contributed by atoms with E-state index >= 15 is 0 Å². The standard InChI is InChI=1S/C17H24O3/c1-2-18-12-13-19-14-15-8-10-17(11-9-15)20-16-6-4-3-5-7-16/h2,8-11,16H,1,3-7,12-14H2. The first-order valence-electron chi connectivity index (χ1n) is 7.44. The molecule has 0 aromatic heterocycles. The van der Waals surface area contributed by atoms with E-state index in [1.807, 2.05) is 12.1 Å². The highest BCUT2D eigenvalue weighted by Crippen LogP contribution is 2.23. The molecule has 1 aromatic rings. The fourth-order valence-electron chi connectivity index (χ4n) is 2.42. The van der Waals surface area contributed by atoms with Gasteiger partial charge in [0.1, 0.15) is 12.4 Å². The lowest BCUT2D eigenvalue weighted by Gasteiger charge is -2.23. The highest BCUT2D eigenvalue weighted by Gasteiger charge is 2.14. The fourth-order valence-corrected chi connectivity index (χ4v) is 2.42. The first-order chi connectivity index (χ1) is 9.88. The third-order valence-corrected chi connectivity index (χ3v) is 3.51. The first kappa shape index (κ1) is 14.9. The van der Waals surface area contributed by atoms with E-state index in [0.717, 1.165) is 11.3 Å². The van der Waals surface area contributed by atoms with E-state index in [-0.39, 0.29) is 0 Å². The summed E-state index contributed by atoms with van der Waals surface area (Å²) in [5.41, 5.74) is 1.15. The summed E-state index contributed by atoms with van der Waals surface area (Å²) in [4.78, 5) is 0. The van der Waals surface area contributed by atoms with Gasteiger partial charge in [0.2, 0.25) is 0 Å². The van der Waals surface area contributed by atoms with Crippen LogP contribution in [-0.2, 0) is 16.1 Å². The van der Waals surface area contributed by atoms with Crippen molar-refractivity contribution in [3.63, 3.8) is 0 Å². The molecule has 1 aromatic carbocycles. The number of benzene rings is 1. The second-order valence-corrected chi connectivity index (χ2v) is 5.11. The van der Waals surface area contributed by atoms with Crippen LogP contribution in [0.15, 0.2) is 37.1 Å². The van der Waals surface area contributed by atoms with Gasteiger partial charge in [0.25, 0.3) is 0 Å². The lowest BCUT2D eigenvalue weighted by Crippen LogP contribution is -2.19. The van der Waals surface area contributed by atoms with E-state index in [4.69, 9.17) is 14.2 Å². The van der Waals surface area contributed by atoms with Crippen molar-refractivity contribution in [2.75, 3.05) is 13.2 Å². The van der Waals surface area contributed by atoms with Crippen molar-refractivity contribution in [2.24, 2.45) is 0 Å². The molecule has 0 bridgehead atoms. The second-order valence-electron chi connectivity index (χ2n) is 5.11. The topological polar surface area (TPSA) is 27.7 Å². The summed E-state index contributed by atoms with van der Waals surface area (Å²) in [7, 11) is 0. The molecule has 20 heavy (non-hydrogen) atoms. The van der Waals surface area contributed by atoms with E-state index < -0.39 is 0 Å². The van der Waals surface area contributed by atoms with Gasteiger partial charge in [0, 0.05) is 0 Å². The Balaban J connectivity index is 1.70. The van der Waals surface area contributed by atoms with E-state index in [9.17, 15) is 0 Å². The molecule has 0 unspecified atom stereocenters. The Morgan fingerprint density at radius 2 is 1.80 bits per heavy atom. The third-order valence-electron chi connectivity index (χ3n) is 3.51. The molecule has 1 aliphatic carbocycles. The van der Waals surface area contributed by atoms with Crippen LogP contribution in [-0.4, -0.2) is 19.3 Å².